The van der Waals surface area contributed by atoms with Crippen molar-refractivity contribution in [2.24, 2.45) is 28.6 Å². The number of aliphatic hydroxyl groups is 3. The van der Waals surface area contributed by atoms with Crippen molar-refractivity contribution >= 4 is 17.3 Å². The second kappa shape index (κ2) is 10.6. The van der Waals surface area contributed by atoms with Crippen molar-refractivity contribution in [2.45, 2.75) is 118 Å². The fourth-order valence-electron chi connectivity index (χ4n) is 9.43. The number of phenolic OH excluding ortho intramolecular Hbond substituents is 1. The first-order valence-corrected chi connectivity index (χ1v) is 16.1. The van der Waals surface area contributed by atoms with Gasteiger partial charge in [-0.15, -0.1) is 0 Å². The summed E-state index contributed by atoms with van der Waals surface area (Å²) in [6.45, 7) is 12.5. The Balaban J connectivity index is 1.71. The molecule has 4 aliphatic rings. The van der Waals surface area contributed by atoms with Crippen molar-refractivity contribution in [2.75, 3.05) is 0 Å². The highest BCUT2D eigenvalue weighted by Gasteiger charge is 2.71. The van der Waals surface area contributed by atoms with E-state index in [0.29, 0.717) is 24.3 Å². The molecular formula is C36H48O7. The Hall–Kier alpha value is -2.93. The quantitative estimate of drug-likeness (QED) is 0.262. The molecule has 1 saturated carbocycles. The zero-order valence-corrected chi connectivity index (χ0v) is 26.8. The molecule has 1 fully saturated rings. The van der Waals surface area contributed by atoms with Crippen LogP contribution in [0.5, 0.6) is 5.75 Å². The van der Waals surface area contributed by atoms with Gasteiger partial charge in [-0.05, 0) is 67.1 Å². The number of allylic oxidation sites excluding steroid dienone is 2. The van der Waals surface area contributed by atoms with E-state index in [1.165, 1.54) is 32.1 Å². The number of aryl methyl sites for hydroxylation is 1. The first-order chi connectivity index (χ1) is 20.0. The molecule has 0 bridgehead atoms. The number of hydrogen-bond donors (Lipinski definition) is 4. The van der Waals surface area contributed by atoms with Gasteiger partial charge in [0.1, 0.15) is 22.8 Å². The fourth-order valence-corrected chi connectivity index (χ4v) is 9.43. The number of fused-ring (bicyclic) bond motifs is 3. The maximum Gasteiger partial charge on any atom is 0.209 e. The molecule has 4 atom stereocenters. The molecule has 7 heteroatoms. The van der Waals surface area contributed by atoms with Gasteiger partial charge in [-0.3, -0.25) is 14.4 Å². The number of aliphatic hydroxyl groups excluding tert-OH is 2. The number of rotatable bonds is 6. The van der Waals surface area contributed by atoms with Crippen LogP contribution in [0.3, 0.4) is 0 Å². The topological polar surface area (TPSA) is 132 Å². The summed E-state index contributed by atoms with van der Waals surface area (Å²) in [6.07, 6.45) is 8.04. The molecule has 4 aliphatic carbocycles. The van der Waals surface area contributed by atoms with Crippen LogP contribution >= 0.6 is 0 Å². The molecule has 5 rings (SSSR count). The summed E-state index contributed by atoms with van der Waals surface area (Å²) < 4.78 is 0. The molecule has 0 aliphatic heterocycles. The Morgan fingerprint density at radius 3 is 2.21 bits per heavy atom. The molecule has 4 N–H and O–H groups in total. The van der Waals surface area contributed by atoms with Gasteiger partial charge in [-0.25, -0.2) is 0 Å². The van der Waals surface area contributed by atoms with Crippen LogP contribution in [-0.2, 0) is 22.4 Å². The smallest absolute Gasteiger partial charge is 0.209 e. The number of carbonyl (C=O) groups is 3. The highest BCUT2D eigenvalue weighted by atomic mass is 16.3. The number of phenols is 1. The van der Waals surface area contributed by atoms with Gasteiger partial charge in [0.05, 0.1) is 5.56 Å². The van der Waals surface area contributed by atoms with E-state index < -0.39 is 51.0 Å². The highest BCUT2D eigenvalue weighted by Crippen LogP contribution is 2.65. The monoisotopic (exact) mass is 592 g/mol. The van der Waals surface area contributed by atoms with Crippen molar-refractivity contribution in [1.29, 1.82) is 0 Å². The normalized spacial score (nSPS) is 31.4. The van der Waals surface area contributed by atoms with E-state index in [9.17, 15) is 34.8 Å². The number of hydrogen-bond acceptors (Lipinski definition) is 7. The van der Waals surface area contributed by atoms with E-state index >= 15 is 0 Å². The van der Waals surface area contributed by atoms with Gasteiger partial charge in [0, 0.05) is 22.3 Å². The van der Waals surface area contributed by atoms with Gasteiger partial charge in [0.25, 0.3) is 0 Å². The van der Waals surface area contributed by atoms with Crippen LogP contribution in [0.15, 0.2) is 28.7 Å². The number of aromatic hydroxyl groups is 1. The Morgan fingerprint density at radius 1 is 1.02 bits per heavy atom. The molecule has 0 spiro atoms. The molecule has 7 nitrogen and oxygen atoms in total. The first-order valence-electron chi connectivity index (χ1n) is 16.1. The van der Waals surface area contributed by atoms with Crippen LogP contribution in [0.1, 0.15) is 126 Å². The Kier molecular flexibility index (Phi) is 7.77. The average Bonchev–Trinajstić information content (AvgIpc) is 2.90. The molecule has 234 valence electrons. The van der Waals surface area contributed by atoms with Gasteiger partial charge in [-0.2, -0.15) is 0 Å². The minimum atomic E-state index is -2.59. The zero-order chi connectivity index (χ0) is 31.8. The third-order valence-corrected chi connectivity index (χ3v) is 11.3. The van der Waals surface area contributed by atoms with Gasteiger partial charge >= 0.3 is 0 Å². The van der Waals surface area contributed by atoms with Crippen molar-refractivity contribution < 1.29 is 34.8 Å². The summed E-state index contributed by atoms with van der Waals surface area (Å²) in [5.41, 5.74) is -3.06. The van der Waals surface area contributed by atoms with Crippen molar-refractivity contribution in [3.05, 3.63) is 51.0 Å². The van der Waals surface area contributed by atoms with Gasteiger partial charge in [0.15, 0.2) is 17.2 Å². The maximum absolute atomic E-state index is 14.5. The van der Waals surface area contributed by atoms with Crippen LogP contribution in [0, 0.1) is 28.6 Å². The summed E-state index contributed by atoms with van der Waals surface area (Å²) in [4.78, 5) is 41.0. The number of Topliss-reactive ketones (excluding diaryl/α,β-unsaturated/α-hetero) is 3. The molecule has 43 heavy (non-hydrogen) atoms. The summed E-state index contributed by atoms with van der Waals surface area (Å²) in [5.74, 6) is -4.07. The Morgan fingerprint density at radius 2 is 1.65 bits per heavy atom. The lowest BCUT2D eigenvalue weighted by molar-refractivity contribution is -0.171. The Bertz CT molecular complexity index is 1460. The van der Waals surface area contributed by atoms with E-state index in [0.717, 1.165) is 24.5 Å². The lowest BCUT2D eigenvalue weighted by Crippen LogP contribution is -2.67. The largest absolute Gasteiger partial charge is 0.511 e. The van der Waals surface area contributed by atoms with E-state index in [4.69, 9.17) is 0 Å². The van der Waals surface area contributed by atoms with Crippen LogP contribution < -0.4 is 0 Å². The van der Waals surface area contributed by atoms with Gasteiger partial charge < -0.3 is 20.4 Å². The van der Waals surface area contributed by atoms with Crippen molar-refractivity contribution in [3.8, 4) is 5.75 Å². The van der Waals surface area contributed by atoms with Gasteiger partial charge in [0.2, 0.25) is 5.78 Å². The molecule has 0 aromatic heterocycles. The summed E-state index contributed by atoms with van der Waals surface area (Å²) in [5, 5.41) is 47.1. The maximum atomic E-state index is 14.5. The lowest BCUT2D eigenvalue weighted by Gasteiger charge is -2.59. The minimum Gasteiger partial charge on any atom is -0.511 e. The van der Waals surface area contributed by atoms with Crippen molar-refractivity contribution in [3.63, 3.8) is 0 Å². The zero-order valence-electron chi connectivity index (χ0n) is 26.8. The first kappa shape index (κ1) is 31.5. The number of ketones is 3. The lowest BCUT2D eigenvalue weighted by atomic mass is 9.44. The Labute approximate surface area is 255 Å². The van der Waals surface area contributed by atoms with E-state index in [2.05, 4.69) is 13.8 Å². The summed E-state index contributed by atoms with van der Waals surface area (Å²) in [6, 6.07) is 2.04. The fraction of sp³-hybridized carbons (Fsp3) is 0.639. The van der Waals surface area contributed by atoms with E-state index in [1.807, 2.05) is 26.8 Å². The average molecular weight is 593 g/mol. The SMILES string of the molecule is CC(=O)C1=C(O)C(C(C)C)[C@@]2(C)C[C@@]3(C)Cc4c(C(C)C)cc(CCC5CCCCC5)c(O)c4C(=O)C3=C(O)[C@@]2(O)C1=O. The molecule has 1 unspecified atom stereocenters. The number of benzene rings is 1. The van der Waals surface area contributed by atoms with Crippen LogP contribution in [0.4, 0.5) is 0 Å². The molecule has 0 amide bonds. The third-order valence-electron chi connectivity index (χ3n) is 11.3. The standard InChI is InChI=1S/C36H48O7/c1-18(2)23-15-22(14-13-21-11-9-8-10-12-21)29(38)26-24(23)16-34(6)17-35(7)27(19(3)4)30(39)25(20(5)37)32(41)36(35,43)33(42)28(34)31(26)40/h15,18-19,21,27,38-39,42-43H,8-14,16-17H2,1-7H3/t27?,34-,35-,36+/m1/s1. The van der Waals surface area contributed by atoms with E-state index in [-0.39, 0.29) is 40.9 Å². The second-order valence-corrected chi connectivity index (χ2v) is 15.0. The molecule has 0 radical (unpaired) electrons. The second-order valence-electron chi connectivity index (χ2n) is 15.0. The third kappa shape index (κ3) is 4.43. The summed E-state index contributed by atoms with van der Waals surface area (Å²) >= 11 is 0. The number of carbonyl (C=O) groups excluding carboxylic acids is 3. The van der Waals surface area contributed by atoms with Crippen molar-refractivity contribution in [1.82, 2.24) is 0 Å². The molecule has 1 aromatic carbocycles. The minimum absolute atomic E-state index is 0.0687. The highest BCUT2D eigenvalue weighted by molar-refractivity contribution is 6.25. The molecule has 0 saturated heterocycles. The van der Waals surface area contributed by atoms with Crippen LogP contribution in [-0.4, -0.2) is 43.4 Å². The van der Waals surface area contributed by atoms with E-state index in [1.54, 1.807) is 6.92 Å². The molecule has 1 aromatic rings. The van der Waals surface area contributed by atoms with Crippen LogP contribution in [0.2, 0.25) is 0 Å². The summed E-state index contributed by atoms with van der Waals surface area (Å²) in [7, 11) is 0. The molecular weight excluding hydrogens is 544 g/mol. The van der Waals surface area contributed by atoms with Gasteiger partial charge in [-0.1, -0.05) is 79.7 Å². The molecule has 0 heterocycles. The van der Waals surface area contributed by atoms with Crippen LogP contribution in [0.25, 0.3) is 0 Å². The predicted octanol–water partition coefficient (Wildman–Crippen LogP) is 6.98. The predicted molar refractivity (Wildman–Crippen MR) is 164 cm³/mol.